The second kappa shape index (κ2) is 4.20. The summed E-state index contributed by atoms with van der Waals surface area (Å²) in [6.07, 6.45) is 1.52. The fourth-order valence-corrected chi connectivity index (χ4v) is 1.72. The smallest absolute Gasteiger partial charge is 0.275 e. The van der Waals surface area contributed by atoms with Crippen LogP contribution < -0.4 is 11.1 Å². The summed E-state index contributed by atoms with van der Waals surface area (Å²) in [6, 6.07) is 1.59. The van der Waals surface area contributed by atoms with Gasteiger partial charge in [-0.25, -0.2) is 4.98 Å². The van der Waals surface area contributed by atoms with Gasteiger partial charge in [-0.3, -0.25) is 15.2 Å². The molecule has 0 aliphatic carbocycles. The SMILES string of the molecule is NCc1csc(NC(=O)c2ccn[nH]2)n1. The Labute approximate surface area is 89.5 Å². The molecule has 0 bridgehead atoms. The summed E-state index contributed by atoms with van der Waals surface area (Å²) in [5.41, 5.74) is 6.57. The summed E-state index contributed by atoms with van der Waals surface area (Å²) < 4.78 is 0. The number of amides is 1. The third-order valence-corrected chi connectivity index (χ3v) is 2.53. The quantitative estimate of drug-likeness (QED) is 0.709. The number of nitrogens with zero attached hydrogens (tertiary/aromatic N) is 2. The van der Waals surface area contributed by atoms with Crippen LogP contribution in [0.5, 0.6) is 0 Å². The highest BCUT2D eigenvalue weighted by atomic mass is 32.1. The van der Waals surface area contributed by atoms with Gasteiger partial charge in [0.15, 0.2) is 5.13 Å². The normalized spacial score (nSPS) is 10.2. The fraction of sp³-hybridized carbons (Fsp3) is 0.125. The Hall–Kier alpha value is -1.73. The molecular weight excluding hydrogens is 214 g/mol. The third-order valence-electron chi connectivity index (χ3n) is 1.73. The van der Waals surface area contributed by atoms with Gasteiger partial charge < -0.3 is 5.73 Å². The van der Waals surface area contributed by atoms with Gasteiger partial charge in [-0.2, -0.15) is 5.10 Å². The highest BCUT2D eigenvalue weighted by molar-refractivity contribution is 7.13. The molecule has 0 saturated carbocycles. The monoisotopic (exact) mass is 223 g/mol. The molecule has 0 saturated heterocycles. The first-order chi connectivity index (χ1) is 7.29. The van der Waals surface area contributed by atoms with Crippen molar-refractivity contribution in [2.45, 2.75) is 6.54 Å². The van der Waals surface area contributed by atoms with Crippen molar-refractivity contribution in [1.82, 2.24) is 15.2 Å². The minimum Gasteiger partial charge on any atom is -0.325 e. The molecule has 0 spiro atoms. The number of carbonyl (C=O) groups excluding carboxylic acids is 1. The van der Waals surface area contributed by atoms with Crippen LogP contribution in [0.25, 0.3) is 0 Å². The number of H-pyrrole nitrogens is 1. The Bertz CT molecular complexity index is 449. The highest BCUT2D eigenvalue weighted by Crippen LogP contribution is 2.15. The first-order valence-electron chi connectivity index (χ1n) is 4.25. The van der Waals surface area contributed by atoms with Crippen LogP contribution in [-0.2, 0) is 6.54 Å². The van der Waals surface area contributed by atoms with Gasteiger partial charge in [0, 0.05) is 18.1 Å². The van der Waals surface area contributed by atoms with Gasteiger partial charge in [0.1, 0.15) is 5.69 Å². The summed E-state index contributed by atoms with van der Waals surface area (Å²) in [5.74, 6) is -0.259. The molecule has 0 unspecified atom stereocenters. The van der Waals surface area contributed by atoms with E-state index in [0.717, 1.165) is 5.69 Å². The number of thiazole rings is 1. The van der Waals surface area contributed by atoms with E-state index in [2.05, 4.69) is 20.5 Å². The number of carbonyl (C=O) groups is 1. The van der Waals surface area contributed by atoms with Crippen LogP contribution in [0.4, 0.5) is 5.13 Å². The Morgan fingerprint density at radius 2 is 2.53 bits per heavy atom. The molecule has 1 amide bonds. The van der Waals surface area contributed by atoms with E-state index in [1.54, 1.807) is 6.07 Å². The summed E-state index contributed by atoms with van der Waals surface area (Å²) >= 11 is 1.34. The van der Waals surface area contributed by atoms with Gasteiger partial charge in [0.25, 0.3) is 5.91 Å². The van der Waals surface area contributed by atoms with Gasteiger partial charge >= 0.3 is 0 Å². The van der Waals surface area contributed by atoms with Gasteiger partial charge in [-0.05, 0) is 6.07 Å². The van der Waals surface area contributed by atoms with Crippen molar-refractivity contribution in [2.24, 2.45) is 5.73 Å². The van der Waals surface area contributed by atoms with E-state index in [1.807, 2.05) is 5.38 Å². The zero-order valence-electron chi connectivity index (χ0n) is 7.73. The van der Waals surface area contributed by atoms with E-state index >= 15 is 0 Å². The molecule has 0 radical (unpaired) electrons. The Balaban J connectivity index is 2.06. The predicted octanol–water partition coefficient (Wildman–Crippen LogP) is 0.577. The number of anilines is 1. The Kier molecular flexibility index (Phi) is 2.75. The van der Waals surface area contributed by atoms with Gasteiger partial charge in [-0.15, -0.1) is 11.3 Å². The molecule has 2 rings (SSSR count). The van der Waals surface area contributed by atoms with Crippen LogP contribution in [0.1, 0.15) is 16.2 Å². The molecule has 0 aliphatic rings. The lowest BCUT2D eigenvalue weighted by Crippen LogP contribution is -2.12. The number of nitrogens with two attached hydrogens (primary N) is 1. The average Bonchev–Trinajstić information content (AvgIpc) is 2.87. The lowest BCUT2D eigenvalue weighted by Gasteiger charge is -1.97. The van der Waals surface area contributed by atoms with Crippen LogP contribution in [0.15, 0.2) is 17.6 Å². The van der Waals surface area contributed by atoms with E-state index in [1.165, 1.54) is 17.5 Å². The van der Waals surface area contributed by atoms with Crippen molar-refractivity contribution < 1.29 is 4.79 Å². The van der Waals surface area contributed by atoms with E-state index in [9.17, 15) is 4.79 Å². The fourth-order valence-electron chi connectivity index (χ4n) is 1.00. The topological polar surface area (TPSA) is 96.7 Å². The molecule has 2 heterocycles. The van der Waals surface area contributed by atoms with Crippen molar-refractivity contribution in [3.05, 3.63) is 29.0 Å². The molecule has 0 aliphatic heterocycles. The molecule has 15 heavy (non-hydrogen) atoms. The van der Waals surface area contributed by atoms with Crippen molar-refractivity contribution in [2.75, 3.05) is 5.32 Å². The molecule has 6 nitrogen and oxygen atoms in total. The zero-order valence-corrected chi connectivity index (χ0v) is 8.54. The molecule has 0 aromatic carbocycles. The minimum absolute atomic E-state index is 0.259. The molecule has 0 fully saturated rings. The van der Waals surface area contributed by atoms with Crippen molar-refractivity contribution in [3.8, 4) is 0 Å². The summed E-state index contributed by atoms with van der Waals surface area (Å²) in [4.78, 5) is 15.6. The Morgan fingerprint density at radius 3 is 3.13 bits per heavy atom. The van der Waals surface area contributed by atoms with Crippen molar-refractivity contribution in [3.63, 3.8) is 0 Å². The molecule has 2 aromatic rings. The third kappa shape index (κ3) is 2.20. The number of aromatic nitrogens is 3. The highest BCUT2D eigenvalue weighted by Gasteiger charge is 2.09. The molecule has 0 atom stereocenters. The summed E-state index contributed by atoms with van der Waals surface area (Å²) in [7, 11) is 0. The zero-order chi connectivity index (χ0) is 10.7. The molecular formula is C8H9N5OS. The second-order valence-electron chi connectivity index (χ2n) is 2.77. The maximum Gasteiger partial charge on any atom is 0.275 e. The van der Waals surface area contributed by atoms with Gasteiger partial charge in [0.05, 0.1) is 5.69 Å². The number of nitrogens with one attached hydrogen (secondary N) is 2. The number of hydrogen-bond donors (Lipinski definition) is 3. The van der Waals surface area contributed by atoms with Crippen LogP contribution in [-0.4, -0.2) is 21.1 Å². The molecule has 4 N–H and O–H groups in total. The largest absolute Gasteiger partial charge is 0.325 e. The predicted molar refractivity (Wildman–Crippen MR) is 56.5 cm³/mol. The van der Waals surface area contributed by atoms with Crippen molar-refractivity contribution >= 4 is 22.4 Å². The Morgan fingerprint density at radius 1 is 1.67 bits per heavy atom. The number of rotatable bonds is 3. The molecule has 2 aromatic heterocycles. The van der Waals surface area contributed by atoms with E-state index < -0.39 is 0 Å². The van der Waals surface area contributed by atoms with Crippen LogP contribution in [0.2, 0.25) is 0 Å². The molecule has 78 valence electrons. The van der Waals surface area contributed by atoms with Crippen molar-refractivity contribution in [1.29, 1.82) is 0 Å². The van der Waals surface area contributed by atoms with Crippen LogP contribution in [0.3, 0.4) is 0 Å². The first kappa shape index (κ1) is 9.81. The van der Waals surface area contributed by atoms with E-state index in [4.69, 9.17) is 5.73 Å². The lowest BCUT2D eigenvalue weighted by molar-refractivity contribution is 0.102. The summed E-state index contributed by atoms with van der Waals surface area (Å²) in [6.45, 7) is 0.371. The van der Waals surface area contributed by atoms with Gasteiger partial charge in [0.2, 0.25) is 0 Å². The maximum absolute atomic E-state index is 11.5. The first-order valence-corrected chi connectivity index (χ1v) is 5.13. The second-order valence-corrected chi connectivity index (χ2v) is 3.63. The lowest BCUT2D eigenvalue weighted by atomic mass is 10.4. The standard InChI is InChI=1S/C8H9N5OS/c9-3-5-4-15-8(11-5)12-7(14)6-1-2-10-13-6/h1-2,4H,3,9H2,(H,10,13)(H,11,12,14). The average molecular weight is 223 g/mol. The minimum atomic E-state index is -0.259. The van der Waals surface area contributed by atoms with Crippen LogP contribution in [0, 0.1) is 0 Å². The van der Waals surface area contributed by atoms with Gasteiger partial charge in [-0.1, -0.05) is 0 Å². The van der Waals surface area contributed by atoms with E-state index in [-0.39, 0.29) is 5.91 Å². The summed E-state index contributed by atoms with van der Waals surface area (Å²) in [5, 5.41) is 11.2. The molecule has 7 heteroatoms. The number of aromatic amines is 1. The van der Waals surface area contributed by atoms with E-state index in [0.29, 0.717) is 17.4 Å². The van der Waals surface area contributed by atoms with Crippen LogP contribution >= 0.6 is 11.3 Å². The number of hydrogen-bond acceptors (Lipinski definition) is 5. The maximum atomic E-state index is 11.5.